The van der Waals surface area contributed by atoms with Crippen molar-refractivity contribution in [1.29, 1.82) is 0 Å². The second-order valence-corrected chi connectivity index (χ2v) is 67.0. The Morgan fingerprint density at radius 2 is 0.960 bits per heavy atom. The third kappa shape index (κ3) is 18.4. The van der Waals surface area contributed by atoms with Crippen molar-refractivity contribution in [3.8, 4) is 0 Å². The summed E-state index contributed by atoms with van der Waals surface area (Å²) in [6.45, 7) is 9.94. The van der Waals surface area contributed by atoms with Crippen molar-refractivity contribution in [3.63, 3.8) is 0 Å². The Bertz CT molecular complexity index is 281. The van der Waals surface area contributed by atoms with Crippen molar-refractivity contribution < 1.29 is 21.1 Å². The summed E-state index contributed by atoms with van der Waals surface area (Å²) in [5, 5.41) is 0. The first kappa shape index (κ1) is 38.0. The van der Waals surface area contributed by atoms with Crippen LogP contribution < -0.4 is 0 Å². The molecular weight excluding hydrogens is 813 g/mol. The van der Waals surface area contributed by atoms with Crippen molar-refractivity contribution >= 4 is 146 Å². The summed E-state index contributed by atoms with van der Waals surface area (Å²) in [6.07, 6.45) is 0. The SMILES string of the molecule is C[C-](C)P(P(P)P)P(P)PP.C[C-](C)P(P(P)P)P(PP)P(P)P.[W+2]. The van der Waals surface area contributed by atoms with Gasteiger partial charge in [-0.2, -0.15) is 42.3 Å². The summed E-state index contributed by atoms with van der Waals surface area (Å²) in [5.74, 6) is 0. The summed E-state index contributed by atoms with van der Waals surface area (Å²) < 4.78 is 0. The molecule has 15 atom stereocenters. The first-order valence-corrected chi connectivity index (χ1v) is 37.8. The molecule has 0 aliphatic heterocycles. The van der Waals surface area contributed by atoms with E-state index < -0.39 is 0 Å². The van der Waals surface area contributed by atoms with Crippen molar-refractivity contribution in [2.24, 2.45) is 0 Å². The third-order valence-electron chi connectivity index (χ3n) is 2.09. The fraction of sp³-hybridized carbons (Fsp3) is 0.667. The van der Waals surface area contributed by atoms with E-state index in [2.05, 4.69) is 108 Å². The molecule has 152 valence electrons. The van der Waals surface area contributed by atoms with Crippen molar-refractivity contribution in [1.82, 2.24) is 0 Å². The van der Waals surface area contributed by atoms with E-state index in [1.54, 1.807) is 11.3 Å². The Hall–Kier alpha value is 8.43. The first-order chi connectivity index (χ1) is 10.9. The predicted molar refractivity (Wildman–Crippen MR) is 182 cm³/mol. The molecule has 0 fully saturated rings. The maximum Gasteiger partial charge on any atom is 2.00 e. The Morgan fingerprint density at radius 1 is 0.600 bits per heavy atom. The van der Waals surface area contributed by atoms with E-state index in [0.717, 1.165) is 15.9 Å². The van der Waals surface area contributed by atoms with Crippen molar-refractivity contribution in [2.45, 2.75) is 27.7 Å². The Morgan fingerprint density at radius 3 is 1.04 bits per heavy atom. The largest absolute Gasteiger partial charge is 2.00 e. The van der Waals surface area contributed by atoms with Gasteiger partial charge in [0, 0.05) is 0 Å². The quantitative estimate of drug-likeness (QED) is 0.160. The van der Waals surface area contributed by atoms with Crippen LogP contribution in [0.5, 0.6) is 0 Å². The van der Waals surface area contributed by atoms with Crippen LogP contribution in [0.25, 0.3) is 0 Å². The normalized spacial score (nSPS) is 17.5. The van der Waals surface area contributed by atoms with E-state index in [0.29, 0.717) is 0 Å². The van der Waals surface area contributed by atoms with E-state index in [1.165, 1.54) is 0 Å². The number of hydrogen-bond acceptors (Lipinski definition) is 0. The molecule has 19 heteroatoms. The Kier molecular flexibility index (Phi) is 34.7. The summed E-state index contributed by atoms with van der Waals surface area (Å²) in [5.41, 5.74) is 3.32. The zero-order chi connectivity index (χ0) is 19.6. The van der Waals surface area contributed by atoms with Gasteiger partial charge >= 0.3 is 21.1 Å². The maximum atomic E-state index is 3.04. The second-order valence-electron chi connectivity index (χ2n) is 4.51. The molecule has 0 aromatic carbocycles. The van der Waals surface area contributed by atoms with Crippen molar-refractivity contribution in [2.75, 3.05) is 0 Å². The van der Waals surface area contributed by atoms with Crippen LogP contribution in [0, 0.1) is 11.3 Å². The molecule has 0 radical (unpaired) electrons. The molecular formula is C6H32P18W. The van der Waals surface area contributed by atoms with Gasteiger partial charge in [-0.15, -0.1) is 80.4 Å². The summed E-state index contributed by atoms with van der Waals surface area (Å²) in [7, 11) is 29.4. The molecule has 0 aromatic rings. The van der Waals surface area contributed by atoms with Gasteiger partial charge in [-0.05, 0) is 14.0 Å². The molecule has 15 unspecified atom stereocenters. The molecule has 0 N–H and O–H groups in total. The molecule has 0 bridgehead atoms. The molecule has 0 aromatic heterocycles. The van der Waals surface area contributed by atoms with E-state index in [1.807, 2.05) is 0 Å². The molecule has 0 saturated heterocycles. The Balaban J connectivity index is -0.000000377. The molecule has 0 aliphatic carbocycles. The molecule has 0 saturated carbocycles. The zero-order valence-corrected chi connectivity index (χ0v) is 36.3. The molecule has 0 aliphatic rings. The van der Waals surface area contributed by atoms with Gasteiger partial charge in [0.05, 0.1) is 0 Å². The van der Waals surface area contributed by atoms with Gasteiger partial charge in [0.15, 0.2) is 0 Å². The van der Waals surface area contributed by atoms with E-state index in [9.17, 15) is 0 Å². The van der Waals surface area contributed by atoms with Crippen molar-refractivity contribution in [3.05, 3.63) is 11.3 Å². The van der Waals surface area contributed by atoms with E-state index in [4.69, 9.17) is 0 Å². The minimum Gasteiger partial charge on any atom is -0.284 e. The van der Waals surface area contributed by atoms with E-state index in [-0.39, 0.29) is 70.6 Å². The number of hydrogen-bond donors (Lipinski definition) is 0. The third-order valence-corrected chi connectivity index (χ3v) is 88.1. The summed E-state index contributed by atoms with van der Waals surface area (Å²) in [6, 6.07) is 0. The zero-order valence-electron chi connectivity index (χ0n) is 14.7. The molecule has 0 amide bonds. The summed E-state index contributed by atoms with van der Waals surface area (Å²) >= 11 is 0. The van der Waals surface area contributed by atoms with E-state index >= 15 is 0 Å². The monoisotopic (exact) mass is 846 g/mol. The van der Waals surface area contributed by atoms with Crippen LogP contribution in [0.3, 0.4) is 0 Å². The minimum atomic E-state index is 0. The summed E-state index contributed by atoms with van der Waals surface area (Å²) in [4.78, 5) is 0. The van der Waals surface area contributed by atoms with Gasteiger partial charge in [0.25, 0.3) is 0 Å². The van der Waals surface area contributed by atoms with Gasteiger partial charge in [-0.25, -0.2) is 0 Å². The first-order valence-electron chi connectivity index (χ1n) is 6.28. The smallest absolute Gasteiger partial charge is 0.284 e. The van der Waals surface area contributed by atoms with Crippen LogP contribution >= 0.6 is 146 Å². The average Bonchev–Trinajstić information content (AvgIpc) is 2.42. The minimum absolute atomic E-state index is 0. The maximum absolute atomic E-state index is 3.04. The standard InChI is InChI=1S/C3H17P10.C3H15P8.W/c1-3(2)10(11(5)6)13(9-4)12(7)8;1-3(2)9(10(5)6)11(7)8-4;/h9H,4-8H2,1-2H3;8H,4-7H2,1-2H3;/q2*-1;+2. The van der Waals surface area contributed by atoms with Crippen LogP contribution in [0.15, 0.2) is 0 Å². The van der Waals surface area contributed by atoms with Gasteiger partial charge in [0.1, 0.15) is 0 Å². The second kappa shape index (κ2) is 22.9. The number of rotatable bonds is 9. The predicted octanol–water partition coefficient (Wildman–Crippen LogP) is 12.4. The van der Waals surface area contributed by atoms with Gasteiger partial charge < -0.3 is 0 Å². The van der Waals surface area contributed by atoms with Crippen LogP contribution in [-0.2, 0) is 21.1 Å². The van der Waals surface area contributed by atoms with Crippen LogP contribution in [0.1, 0.15) is 27.7 Å². The molecule has 0 rings (SSSR count). The molecule has 0 heterocycles. The average molecular weight is 846 g/mol. The van der Waals surface area contributed by atoms with Gasteiger partial charge in [0.2, 0.25) is 0 Å². The van der Waals surface area contributed by atoms with Crippen LogP contribution in [0.4, 0.5) is 0 Å². The Labute approximate surface area is 204 Å². The fourth-order valence-corrected chi connectivity index (χ4v) is 123. The topological polar surface area (TPSA) is 0 Å². The fourth-order valence-electron chi connectivity index (χ4n) is 1.35. The van der Waals surface area contributed by atoms with Crippen LogP contribution in [0.2, 0.25) is 0 Å². The molecule has 0 spiro atoms. The van der Waals surface area contributed by atoms with Gasteiger partial charge in [-0.1, -0.05) is 36.9 Å². The van der Waals surface area contributed by atoms with Crippen LogP contribution in [-0.4, -0.2) is 0 Å². The van der Waals surface area contributed by atoms with Gasteiger partial charge in [-0.3, -0.25) is 11.3 Å². The molecule has 0 nitrogen and oxygen atoms in total. The molecule has 25 heavy (non-hydrogen) atoms.